The van der Waals surface area contributed by atoms with Crippen LogP contribution < -0.4 is 5.43 Å². The average Bonchev–Trinajstić information content (AvgIpc) is 2.94. The lowest BCUT2D eigenvalue weighted by Crippen LogP contribution is -2.39. The minimum atomic E-state index is -0.446. The molecule has 22 heavy (non-hydrogen) atoms. The zero-order valence-electron chi connectivity index (χ0n) is 13.4. The highest BCUT2D eigenvalue weighted by Gasteiger charge is 2.27. The number of nitrogens with one attached hydrogen (secondary N) is 1. The number of allylic oxidation sites excluding steroid dienone is 3. The third-order valence-corrected chi connectivity index (χ3v) is 3.80. The second kappa shape index (κ2) is 5.65. The van der Waals surface area contributed by atoms with Crippen molar-refractivity contribution in [1.82, 2.24) is 15.3 Å². The molecule has 3 aliphatic heterocycles. The molecule has 0 bridgehead atoms. The van der Waals surface area contributed by atoms with Crippen molar-refractivity contribution in [3.63, 3.8) is 0 Å². The number of nitrogens with zero attached hydrogens (tertiary/aromatic N) is 2. The van der Waals surface area contributed by atoms with Crippen LogP contribution in [0.1, 0.15) is 27.2 Å². The molecule has 0 aromatic heterocycles. The van der Waals surface area contributed by atoms with Crippen LogP contribution in [0.5, 0.6) is 0 Å². The first-order valence-electron chi connectivity index (χ1n) is 7.73. The molecule has 0 spiro atoms. The molecule has 0 unspecified atom stereocenters. The highest BCUT2D eigenvalue weighted by molar-refractivity contribution is 5.69. The van der Waals surface area contributed by atoms with Gasteiger partial charge in [0.05, 0.1) is 5.70 Å². The van der Waals surface area contributed by atoms with Gasteiger partial charge in [-0.2, -0.15) is 0 Å². The Balaban J connectivity index is 1.68. The molecular formula is C17H23N3O2. The third kappa shape index (κ3) is 3.09. The van der Waals surface area contributed by atoms with Crippen LogP contribution in [-0.2, 0) is 4.74 Å². The first kappa shape index (κ1) is 14.9. The van der Waals surface area contributed by atoms with E-state index in [0.717, 1.165) is 13.0 Å². The minimum Gasteiger partial charge on any atom is -0.444 e. The fraction of sp³-hybridized carbons (Fsp3) is 0.471. The number of hydrogen-bond donors (Lipinski definition) is 1. The molecule has 5 nitrogen and oxygen atoms in total. The van der Waals surface area contributed by atoms with Crippen LogP contribution in [0.4, 0.5) is 4.79 Å². The van der Waals surface area contributed by atoms with E-state index in [1.807, 2.05) is 33.0 Å². The maximum atomic E-state index is 12.1. The summed E-state index contributed by atoms with van der Waals surface area (Å²) in [5, 5.41) is 2.05. The molecule has 118 valence electrons. The number of rotatable bonds is 1. The maximum Gasteiger partial charge on any atom is 0.410 e. The molecule has 0 saturated carbocycles. The van der Waals surface area contributed by atoms with E-state index in [1.165, 1.54) is 16.8 Å². The lowest BCUT2D eigenvalue weighted by atomic mass is 9.95. The predicted octanol–water partition coefficient (Wildman–Crippen LogP) is 2.71. The standard InChI is InChI=1S/C17H23N3O2/c1-17(2,3)22-16(21)19-11-7-13(8-12-19)14-5-4-10-20-15(14)6-9-18-20/h4-7,10,18H,8-9,11-12H2,1-3H3. The van der Waals surface area contributed by atoms with Crippen LogP contribution in [0.15, 0.2) is 47.3 Å². The number of hydrazine groups is 1. The van der Waals surface area contributed by atoms with Crippen LogP contribution in [0, 0.1) is 0 Å². The first-order chi connectivity index (χ1) is 10.4. The van der Waals surface area contributed by atoms with Gasteiger partial charge in [0, 0.05) is 31.4 Å². The minimum absolute atomic E-state index is 0.233. The topological polar surface area (TPSA) is 44.8 Å². The number of hydrogen-bond acceptors (Lipinski definition) is 4. The zero-order chi connectivity index (χ0) is 15.7. The summed E-state index contributed by atoms with van der Waals surface area (Å²) < 4.78 is 5.43. The summed E-state index contributed by atoms with van der Waals surface area (Å²) in [5.74, 6) is 0. The highest BCUT2D eigenvalue weighted by atomic mass is 16.6. The summed E-state index contributed by atoms with van der Waals surface area (Å²) in [6, 6.07) is 0. The van der Waals surface area contributed by atoms with Gasteiger partial charge in [0.25, 0.3) is 0 Å². The van der Waals surface area contributed by atoms with E-state index in [0.29, 0.717) is 13.1 Å². The van der Waals surface area contributed by atoms with Crippen molar-refractivity contribution in [2.24, 2.45) is 0 Å². The van der Waals surface area contributed by atoms with E-state index >= 15 is 0 Å². The molecule has 0 atom stereocenters. The molecule has 0 aromatic carbocycles. The number of carbonyl (C=O) groups excluding carboxylic acids is 1. The van der Waals surface area contributed by atoms with Crippen molar-refractivity contribution in [2.75, 3.05) is 19.6 Å². The Hall–Kier alpha value is -2.01. The van der Waals surface area contributed by atoms with E-state index in [9.17, 15) is 4.79 Å². The SMILES string of the molecule is CC(C)(C)OC(=O)N1CC=C(C2=CC=CN3NCC=C23)CC1. The Morgan fingerprint density at radius 1 is 1.32 bits per heavy atom. The van der Waals surface area contributed by atoms with Gasteiger partial charge in [0.1, 0.15) is 5.60 Å². The van der Waals surface area contributed by atoms with Gasteiger partial charge >= 0.3 is 6.09 Å². The summed E-state index contributed by atoms with van der Waals surface area (Å²) in [6.45, 7) is 7.83. The largest absolute Gasteiger partial charge is 0.444 e. The van der Waals surface area contributed by atoms with Gasteiger partial charge in [0.2, 0.25) is 0 Å². The average molecular weight is 301 g/mol. The normalized spacial score (nSPS) is 21.1. The van der Waals surface area contributed by atoms with Crippen molar-refractivity contribution in [2.45, 2.75) is 32.8 Å². The van der Waals surface area contributed by atoms with Gasteiger partial charge in [-0.05, 0) is 44.9 Å². The van der Waals surface area contributed by atoms with Crippen molar-refractivity contribution in [3.8, 4) is 0 Å². The number of amides is 1. The summed E-state index contributed by atoms with van der Waals surface area (Å²) in [4.78, 5) is 13.9. The molecule has 0 saturated heterocycles. The van der Waals surface area contributed by atoms with Gasteiger partial charge in [0.15, 0.2) is 0 Å². The summed E-state index contributed by atoms with van der Waals surface area (Å²) in [6.07, 6.45) is 11.2. The Morgan fingerprint density at radius 2 is 2.14 bits per heavy atom. The smallest absolute Gasteiger partial charge is 0.410 e. The predicted molar refractivity (Wildman–Crippen MR) is 85.7 cm³/mol. The second-order valence-electron chi connectivity index (χ2n) is 6.65. The Labute approximate surface area is 131 Å². The third-order valence-electron chi connectivity index (χ3n) is 3.80. The van der Waals surface area contributed by atoms with Crippen molar-refractivity contribution >= 4 is 6.09 Å². The number of fused-ring (bicyclic) bond motifs is 1. The lowest BCUT2D eigenvalue weighted by Gasteiger charge is -2.31. The molecular weight excluding hydrogens is 278 g/mol. The van der Waals surface area contributed by atoms with Crippen LogP contribution >= 0.6 is 0 Å². The zero-order valence-corrected chi connectivity index (χ0v) is 13.4. The number of ether oxygens (including phenoxy) is 1. The molecule has 0 fully saturated rings. The van der Waals surface area contributed by atoms with Gasteiger partial charge in [-0.25, -0.2) is 10.2 Å². The highest BCUT2D eigenvalue weighted by Crippen LogP contribution is 2.31. The molecule has 1 amide bonds. The van der Waals surface area contributed by atoms with E-state index in [4.69, 9.17) is 4.74 Å². The van der Waals surface area contributed by atoms with Gasteiger partial charge < -0.3 is 9.64 Å². The monoisotopic (exact) mass is 301 g/mol. The summed E-state index contributed by atoms with van der Waals surface area (Å²) in [7, 11) is 0. The summed E-state index contributed by atoms with van der Waals surface area (Å²) >= 11 is 0. The molecule has 3 heterocycles. The fourth-order valence-corrected chi connectivity index (χ4v) is 2.79. The molecule has 0 aliphatic carbocycles. The lowest BCUT2D eigenvalue weighted by molar-refractivity contribution is 0.0266. The second-order valence-corrected chi connectivity index (χ2v) is 6.65. The van der Waals surface area contributed by atoms with Crippen LogP contribution in [0.2, 0.25) is 0 Å². The molecule has 0 radical (unpaired) electrons. The Kier molecular flexibility index (Phi) is 3.83. The molecule has 5 heteroatoms. The Bertz CT molecular complexity index is 594. The van der Waals surface area contributed by atoms with Crippen molar-refractivity contribution in [3.05, 3.63) is 47.3 Å². The van der Waals surface area contributed by atoms with Crippen LogP contribution in [-0.4, -0.2) is 41.2 Å². The quantitative estimate of drug-likeness (QED) is 0.809. The van der Waals surface area contributed by atoms with Crippen molar-refractivity contribution in [1.29, 1.82) is 0 Å². The first-order valence-corrected chi connectivity index (χ1v) is 7.73. The molecule has 3 aliphatic rings. The van der Waals surface area contributed by atoms with E-state index in [-0.39, 0.29) is 6.09 Å². The van der Waals surface area contributed by atoms with Gasteiger partial charge in [-0.15, -0.1) is 0 Å². The molecule has 3 rings (SSSR count). The van der Waals surface area contributed by atoms with E-state index in [2.05, 4.69) is 28.7 Å². The molecule has 1 N–H and O–H groups in total. The van der Waals surface area contributed by atoms with Crippen LogP contribution in [0.25, 0.3) is 0 Å². The maximum absolute atomic E-state index is 12.1. The van der Waals surface area contributed by atoms with E-state index in [1.54, 1.807) is 4.90 Å². The van der Waals surface area contributed by atoms with Crippen LogP contribution in [0.3, 0.4) is 0 Å². The van der Waals surface area contributed by atoms with Gasteiger partial charge in [-0.3, -0.25) is 5.01 Å². The fourth-order valence-electron chi connectivity index (χ4n) is 2.79. The van der Waals surface area contributed by atoms with E-state index < -0.39 is 5.60 Å². The number of carbonyl (C=O) groups is 1. The van der Waals surface area contributed by atoms with Crippen molar-refractivity contribution < 1.29 is 9.53 Å². The summed E-state index contributed by atoms with van der Waals surface area (Å²) in [5.41, 5.74) is 6.59. The Morgan fingerprint density at radius 3 is 2.82 bits per heavy atom. The molecule has 0 aromatic rings. The van der Waals surface area contributed by atoms with Gasteiger partial charge in [-0.1, -0.05) is 12.2 Å².